The van der Waals surface area contributed by atoms with Crippen molar-refractivity contribution in [2.45, 2.75) is 33.5 Å². The van der Waals surface area contributed by atoms with Gasteiger partial charge in [-0.1, -0.05) is 25.4 Å². The third kappa shape index (κ3) is 5.25. The van der Waals surface area contributed by atoms with Crippen LogP contribution in [-0.2, 0) is 12.7 Å². The first-order chi connectivity index (χ1) is 14.5. The quantitative estimate of drug-likeness (QED) is 0.557. The second-order valence-electron chi connectivity index (χ2n) is 7.83. The summed E-state index contributed by atoms with van der Waals surface area (Å²) in [4.78, 5) is 23.0. The molecule has 0 unspecified atom stereocenters. The number of halogens is 4. The van der Waals surface area contributed by atoms with Gasteiger partial charge in [0.1, 0.15) is 5.82 Å². The average Bonchev–Trinajstić information content (AvgIpc) is 2.67. The molecule has 2 aromatic heterocycles. The van der Waals surface area contributed by atoms with E-state index in [4.69, 9.17) is 17.3 Å². The topological polar surface area (TPSA) is 72.1 Å². The van der Waals surface area contributed by atoms with Crippen molar-refractivity contribution >= 4 is 34.2 Å². The molecule has 164 valence electrons. The lowest BCUT2D eigenvalue weighted by Crippen LogP contribution is -2.34. The molecular formula is C22H22ClF3N4O. The third-order valence-electron chi connectivity index (χ3n) is 4.74. The van der Waals surface area contributed by atoms with Gasteiger partial charge in [0, 0.05) is 18.1 Å². The summed E-state index contributed by atoms with van der Waals surface area (Å²) >= 11 is 6.38. The first-order valence-electron chi connectivity index (χ1n) is 9.63. The van der Waals surface area contributed by atoms with E-state index in [-0.39, 0.29) is 29.0 Å². The minimum atomic E-state index is -4.47. The summed E-state index contributed by atoms with van der Waals surface area (Å²) in [7, 11) is 0. The van der Waals surface area contributed by atoms with Gasteiger partial charge in [-0.25, -0.2) is 4.98 Å². The van der Waals surface area contributed by atoms with E-state index in [0.717, 1.165) is 23.2 Å². The van der Waals surface area contributed by atoms with Crippen molar-refractivity contribution in [1.29, 1.82) is 0 Å². The monoisotopic (exact) mass is 450 g/mol. The number of carbonyl (C=O) groups is 1. The van der Waals surface area contributed by atoms with E-state index in [2.05, 4.69) is 9.97 Å². The van der Waals surface area contributed by atoms with Crippen molar-refractivity contribution in [3.63, 3.8) is 0 Å². The fourth-order valence-corrected chi connectivity index (χ4v) is 3.43. The van der Waals surface area contributed by atoms with E-state index in [1.165, 1.54) is 11.0 Å². The summed E-state index contributed by atoms with van der Waals surface area (Å²) in [5, 5.41) is 0.944. The average molecular weight is 451 g/mol. The van der Waals surface area contributed by atoms with E-state index in [9.17, 15) is 18.0 Å². The number of nitrogens with zero attached hydrogens (tertiary/aromatic N) is 3. The zero-order chi connectivity index (χ0) is 22.9. The van der Waals surface area contributed by atoms with Crippen LogP contribution in [0.25, 0.3) is 10.9 Å². The standard InChI is InChI=1S/C22H22ClF3N4O/c1-12(2)10-30(11-16-5-4-15(9-28-16)22(24,25)26)21(31)17-7-14-6-13(3)20(27)29-19(14)8-18(17)23/h4-9,12H,10-11H2,1-3H3,(H2,27,29). The number of carbonyl (C=O) groups excluding carboxylic acids is 1. The van der Waals surface area contributed by atoms with E-state index in [1.807, 2.05) is 26.8 Å². The number of benzene rings is 1. The van der Waals surface area contributed by atoms with Crippen LogP contribution < -0.4 is 5.73 Å². The molecule has 31 heavy (non-hydrogen) atoms. The van der Waals surface area contributed by atoms with Crippen molar-refractivity contribution in [3.05, 3.63) is 63.9 Å². The molecule has 0 fully saturated rings. The van der Waals surface area contributed by atoms with Crippen LogP contribution in [-0.4, -0.2) is 27.3 Å². The minimum Gasteiger partial charge on any atom is -0.383 e. The molecule has 0 saturated carbocycles. The number of nitrogens with two attached hydrogens (primary N) is 1. The van der Waals surface area contributed by atoms with Gasteiger partial charge < -0.3 is 10.6 Å². The Morgan fingerprint density at radius 1 is 1.23 bits per heavy atom. The van der Waals surface area contributed by atoms with Crippen molar-refractivity contribution < 1.29 is 18.0 Å². The molecule has 3 rings (SSSR count). The van der Waals surface area contributed by atoms with Crippen molar-refractivity contribution in [3.8, 4) is 0 Å². The number of hydrogen-bond acceptors (Lipinski definition) is 4. The molecule has 0 aliphatic carbocycles. The molecule has 0 spiro atoms. The summed E-state index contributed by atoms with van der Waals surface area (Å²) in [6, 6.07) is 7.31. The normalized spacial score (nSPS) is 11.9. The Labute approximate surface area is 183 Å². The molecule has 0 aliphatic heterocycles. The fraction of sp³-hybridized carbons (Fsp3) is 0.318. The molecule has 3 aromatic rings. The highest BCUT2D eigenvalue weighted by atomic mass is 35.5. The van der Waals surface area contributed by atoms with Gasteiger partial charge in [-0.15, -0.1) is 0 Å². The van der Waals surface area contributed by atoms with Gasteiger partial charge in [0.2, 0.25) is 0 Å². The molecule has 0 bridgehead atoms. The maximum absolute atomic E-state index is 13.3. The summed E-state index contributed by atoms with van der Waals surface area (Å²) in [5.41, 5.74) is 7.01. The molecule has 1 amide bonds. The van der Waals surface area contributed by atoms with Crippen molar-refractivity contribution in [2.75, 3.05) is 12.3 Å². The second kappa shape index (κ2) is 8.70. The van der Waals surface area contributed by atoms with Crippen LogP contribution >= 0.6 is 11.6 Å². The Kier molecular flexibility index (Phi) is 6.40. The van der Waals surface area contributed by atoms with Crippen LogP contribution in [0.15, 0.2) is 36.5 Å². The van der Waals surface area contributed by atoms with Crippen molar-refractivity contribution in [1.82, 2.24) is 14.9 Å². The minimum absolute atomic E-state index is 0.0581. The SMILES string of the molecule is Cc1cc2cc(C(=O)N(Cc3ccc(C(F)(F)F)cn3)CC(C)C)c(Cl)cc2nc1N. The Bertz CT molecular complexity index is 1110. The van der Waals surface area contributed by atoms with E-state index in [0.29, 0.717) is 23.6 Å². The largest absolute Gasteiger partial charge is 0.417 e. The van der Waals surface area contributed by atoms with E-state index in [1.54, 1.807) is 12.1 Å². The number of pyridine rings is 2. The van der Waals surface area contributed by atoms with Crippen LogP contribution in [0.3, 0.4) is 0 Å². The van der Waals surface area contributed by atoms with Crippen LogP contribution in [0, 0.1) is 12.8 Å². The predicted octanol–water partition coefficient (Wildman–Crippen LogP) is 5.49. The highest BCUT2D eigenvalue weighted by Crippen LogP contribution is 2.29. The van der Waals surface area contributed by atoms with Gasteiger partial charge in [0.05, 0.1) is 33.9 Å². The number of amides is 1. The van der Waals surface area contributed by atoms with Gasteiger partial charge in [0.25, 0.3) is 5.91 Å². The highest BCUT2D eigenvalue weighted by molar-refractivity contribution is 6.34. The van der Waals surface area contributed by atoms with Gasteiger partial charge >= 0.3 is 6.18 Å². The lowest BCUT2D eigenvalue weighted by atomic mass is 10.1. The summed E-state index contributed by atoms with van der Waals surface area (Å²) in [6.45, 7) is 6.15. The zero-order valence-corrected chi connectivity index (χ0v) is 18.1. The molecule has 0 radical (unpaired) electrons. The molecule has 1 aromatic carbocycles. The maximum Gasteiger partial charge on any atom is 0.417 e. The Hall–Kier alpha value is -2.87. The molecule has 0 aliphatic rings. The Morgan fingerprint density at radius 3 is 2.52 bits per heavy atom. The molecule has 2 heterocycles. The van der Waals surface area contributed by atoms with Gasteiger partial charge in [-0.3, -0.25) is 9.78 Å². The molecule has 2 N–H and O–H groups in total. The summed E-state index contributed by atoms with van der Waals surface area (Å²) < 4.78 is 38.4. The van der Waals surface area contributed by atoms with Crippen LogP contribution in [0.4, 0.5) is 19.0 Å². The van der Waals surface area contributed by atoms with Crippen LogP contribution in [0.5, 0.6) is 0 Å². The highest BCUT2D eigenvalue weighted by Gasteiger charge is 2.31. The van der Waals surface area contributed by atoms with Crippen molar-refractivity contribution in [2.24, 2.45) is 5.92 Å². The van der Waals surface area contributed by atoms with Gasteiger partial charge in [-0.2, -0.15) is 13.2 Å². The number of aromatic nitrogens is 2. The Morgan fingerprint density at radius 2 is 1.94 bits per heavy atom. The second-order valence-corrected chi connectivity index (χ2v) is 8.24. The predicted molar refractivity (Wildman–Crippen MR) is 115 cm³/mol. The summed E-state index contributed by atoms with van der Waals surface area (Å²) in [6.07, 6.45) is -3.69. The molecule has 5 nitrogen and oxygen atoms in total. The zero-order valence-electron chi connectivity index (χ0n) is 17.3. The number of aryl methyl sites for hydroxylation is 1. The lowest BCUT2D eigenvalue weighted by molar-refractivity contribution is -0.137. The van der Waals surface area contributed by atoms with Gasteiger partial charge in [-0.05, 0) is 48.7 Å². The van der Waals surface area contributed by atoms with E-state index >= 15 is 0 Å². The number of nitrogen functional groups attached to an aromatic ring is 1. The van der Waals surface area contributed by atoms with Crippen LogP contribution in [0.2, 0.25) is 5.02 Å². The molecule has 0 atom stereocenters. The number of anilines is 1. The fourth-order valence-electron chi connectivity index (χ4n) is 3.19. The summed E-state index contributed by atoms with van der Waals surface area (Å²) in [5.74, 6) is 0.176. The number of rotatable bonds is 5. The number of fused-ring (bicyclic) bond motifs is 1. The molecule has 0 saturated heterocycles. The molecular weight excluding hydrogens is 429 g/mol. The third-order valence-corrected chi connectivity index (χ3v) is 5.05. The number of hydrogen-bond donors (Lipinski definition) is 1. The number of alkyl halides is 3. The first-order valence-corrected chi connectivity index (χ1v) is 10.0. The Balaban J connectivity index is 1.94. The lowest BCUT2D eigenvalue weighted by Gasteiger charge is -2.25. The molecule has 9 heteroatoms. The van der Waals surface area contributed by atoms with Crippen LogP contribution in [0.1, 0.15) is 41.0 Å². The van der Waals surface area contributed by atoms with Gasteiger partial charge in [0.15, 0.2) is 0 Å². The van der Waals surface area contributed by atoms with E-state index < -0.39 is 11.7 Å². The maximum atomic E-state index is 13.3. The first kappa shape index (κ1) is 22.8. The smallest absolute Gasteiger partial charge is 0.383 e.